The summed E-state index contributed by atoms with van der Waals surface area (Å²) < 4.78 is 37.4. The summed E-state index contributed by atoms with van der Waals surface area (Å²) in [6.07, 6.45) is -4.86. The van der Waals surface area contributed by atoms with Crippen molar-refractivity contribution in [2.75, 3.05) is 0 Å². The molecule has 2 aromatic carbocycles. The van der Waals surface area contributed by atoms with Gasteiger partial charge in [-0.05, 0) is 17.7 Å². The first-order chi connectivity index (χ1) is 10.9. The first-order valence-corrected chi connectivity index (χ1v) is 7.55. The summed E-state index contributed by atoms with van der Waals surface area (Å²) in [6.45, 7) is -0.168. The van der Waals surface area contributed by atoms with Gasteiger partial charge in [0, 0.05) is 12.1 Å². The molecule has 3 aromatic rings. The molecule has 3 rings (SSSR count). The van der Waals surface area contributed by atoms with E-state index in [1.807, 2.05) is 29.6 Å². The molecule has 0 radical (unpaired) electrons. The molecule has 0 spiro atoms. The van der Waals surface area contributed by atoms with Gasteiger partial charge in [-0.15, -0.1) is 11.3 Å². The topological polar surface area (TPSA) is 42.0 Å². The van der Waals surface area contributed by atoms with Crippen molar-refractivity contribution in [3.63, 3.8) is 0 Å². The van der Waals surface area contributed by atoms with Gasteiger partial charge in [0.1, 0.15) is 5.01 Å². The quantitative estimate of drug-likeness (QED) is 0.781. The number of hydrogen-bond donors (Lipinski definition) is 1. The number of para-hydroxylation sites is 1. The highest BCUT2D eigenvalue weighted by Gasteiger charge is 2.38. The molecule has 0 atom stereocenters. The van der Waals surface area contributed by atoms with Crippen LogP contribution >= 0.6 is 11.3 Å². The summed E-state index contributed by atoms with van der Waals surface area (Å²) in [5.41, 5.74) is 2.39. The minimum atomic E-state index is -4.86. The molecule has 0 fully saturated rings. The van der Waals surface area contributed by atoms with Gasteiger partial charge in [0.2, 0.25) is 0 Å². The largest absolute Gasteiger partial charge is 0.471 e. The molecular formula is C16H11F3N2OS. The summed E-state index contributed by atoms with van der Waals surface area (Å²) >= 11 is 1.55. The van der Waals surface area contributed by atoms with Gasteiger partial charge in [-0.1, -0.05) is 36.4 Å². The van der Waals surface area contributed by atoms with E-state index in [1.165, 1.54) is 0 Å². The lowest BCUT2D eigenvalue weighted by atomic mass is 10.1. The lowest BCUT2D eigenvalue weighted by molar-refractivity contribution is -0.173. The van der Waals surface area contributed by atoms with Crippen molar-refractivity contribution in [1.29, 1.82) is 0 Å². The smallest absolute Gasteiger partial charge is 0.344 e. The van der Waals surface area contributed by atoms with E-state index in [-0.39, 0.29) is 6.54 Å². The van der Waals surface area contributed by atoms with E-state index >= 15 is 0 Å². The van der Waals surface area contributed by atoms with Gasteiger partial charge in [-0.3, -0.25) is 4.79 Å². The van der Waals surface area contributed by atoms with Crippen LogP contribution in [0.2, 0.25) is 0 Å². The first-order valence-electron chi connectivity index (χ1n) is 6.73. The van der Waals surface area contributed by atoms with Gasteiger partial charge >= 0.3 is 12.1 Å². The van der Waals surface area contributed by atoms with Crippen molar-refractivity contribution >= 4 is 27.5 Å². The van der Waals surface area contributed by atoms with Crippen LogP contribution in [0.4, 0.5) is 13.2 Å². The number of halogens is 3. The van der Waals surface area contributed by atoms with Gasteiger partial charge in [0.05, 0.1) is 10.2 Å². The second-order valence-electron chi connectivity index (χ2n) is 4.86. The van der Waals surface area contributed by atoms with Crippen LogP contribution in [0, 0.1) is 0 Å². The van der Waals surface area contributed by atoms with Crippen molar-refractivity contribution in [1.82, 2.24) is 10.3 Å². The molecule has 118 valence electrons. The Morgan fingerprint density at radius 2 is 1.78 bits per heavy atom. The third-order valence-electron chi connectivity index (χ3n) is 3.21. The van der Waals surface area contributed by atoms with E-state index in [1.54, 1.807) is 35.6 Å². The number of fused-ring (bicyclic) bond motifs is 1. The predicted octanol–water partition coefficient (Wildman–Crippen LogP) is 4.14. The number of aromatic nitrogens is 1. The molecule has 3 nitrogen and oxygen atoms in total. The Morgan fingerprint density at radius 3 is 2.43 bits per heavy atom. The maximum atomic E-state index is 12.1. The van der Waals surface area contributed by atoms with E-state index in [9.17, 15) is 18.0 Å². The van der Waals surface area contributed by atoms with Crippen LogP contribution < -0.4 is 5.32 Å². The van der Waals surface area contributed by atoms with Crippen molar-refractivity contribution in [2.45, 2.75) is 12.7 Å². The number of amides is 1. The van der Waals surface area contributed by atoms with Gasteiger partial charge in [0.15, 0.2) is 0 Å². The SMILES string of the molecule is O=C(NCc1ccc(-c2nc3ccccc3s2)cc1)C(F)(F)F. The molecular weight excluding hydrogens is 325 g/mol. The zero-order chi connectivity index (χ0) is 16.4. The third kappa shape index (κ3) is 3.50. The number of carbonyl (C=O) groups excluding carboxylic acids is 1. The maximum absolute atomic E-state index is 12.1. The van der Waals surface area contributed by atoms with Crippen LogP contribution in [0.3, 0.4) is 0 Å². The Balaban J connectivity index is 1.73. The molecule has 0 bridgehead atoms. The highest BCUT2D eigenvalue weighted by atomic mass is 32.1. The molecule has 23 heavy (non-hydrogen) atoms. The Morgan fingerprint density at radius 1 is 1.09 bits per heavy atom. The molecule has 0 aliphatic carbocycles. The van der Waals surface area contributed by atoms with Gasteiger partial charge < -0.3 is 5.32 Å². The second-order valence-corrected chi connectivity index (χ2v) is 5.89. The molecule has 0 aliphatic heterocycles. The normalized spacial score (nSPS) is 11.6. The molecule has 0 unspecified atom stereocenters. The van der Waals surface area contributed by atoms with Crippen molar-refractivity contribution in [2.24, 2.45) is 0 Å². The Hall–Kier alpha value is -2.41. The van der Waals surface area contributed by atoms with Crippen molar-refractivity contribution in [3.05, 3.63) is 54.1 Å². The zero-order valence-corrected chi connectivity index (χ0v) is 12.5. The molecule has 1 heterocycles. The minimum Gasteiger partial charge on any atom is -0.344 e. The van der Waals surface area contributed by atoms with E-state index in [4.69, 9.17) is 0 Å². The summed E-state index contributed by atoms with van der Waals surface area (Å²) in [6, 6.07) is 14.7. The predicted molar refractivity (Wildman–Crippen MR) is 83.0 cm³/mol. The Kier molecular flexibility index (Phi) is 4.04. The van der Waals surface area contributed by atoms with E-state index in [2.05, 4.69) is 4.98 Å². The van der Waals surface area contributed by atoms with Crippen molar-refractivity contribution in [3.8, 4) is 10.6 Å². The number of alkyl halides is 3. The Labute approximate surface area is 133 Å². The number of thiazole rings is 1. The maximum Gasteiger partial charge on any atom is 0.471 e. The number of hydrogen-bond acceptors (Lipinski definition) is 3. The monoisotopic (exact) mass is 336 g/mol. The second kappa shape index (κ2) is 6.00. The summed E-state index contributed by atoms with van der Waals surface area (Å²) in [4.78, 5) is 15.3. The number of nitrogens with zero attached hydrogens (tertiary/aromatic N) is 1. The summed E-state index contributed by atoms with van der Waals surface area (Å²) in [5, 5.41) is 2.69. The number of rotatable bonds is 3. The van der Waals surface area contributed by atoms with Gasteiger partial charge in [0.25, 0.3) is 0 Å². The minimum absolute atomic E-state index is 0.168. The standard InChI is InChI=1S/C16H11F3N2OS/c17-16(18,19)15(22)20-9-10-5-7-11(8-6-10)14-21-12-3-1-2-4-13(12)23-14/h1-8H,9H2,(H,20,22). The zero-order valence-electron chi connectivity index (χ0n) is 11.7. The van der Waals surface area contributed by atoms with Crippen LogP contribution in [-0.2, 0) is 11.3 Å². The number of nitrogens with one attached hydrogen (secondary N) is 1. The van der Waals surface area contributed by atoms with Crippen LogP contribution in [0.15, 0.2) is 48.5 Å². The number of benzene rings is 2. The molecule has 1 amide bonds. The van der Waals surface area contributed by atoms with E-state index < -0.39 is 12.1 Å². The molecule has 0 saturated carbocycles. The van der Waals surface area contributed by atoms with Crippen LogP contribution in [-0.4, -0.2) is 17.1 Å². The highest BCUT2D eigenvalue weighted by Crippen LogP contribution is 2.30. The summed E-state index contributed by atoms with van der Waals surface area (Å²) in [5.74, 6) is -1.94. The highest BCUT2D eigenvalue weighted by molar-refractivity contribution is 7.21. The van der Waals surface area contributed by atoms with Crippen LogP contribution in [0.25, 0.3) is 20.8 Å². The average molecular weight is 336 g/mol. The molecule has 0 aliphatic rings. The van der Waals surface area contributed by atoms with Gasteiger partial charge in [-0.2, -0.15) is 13.2 Å². The van der Waals surface area contributed by atoms with E-state index in [0.29, 0.717) is 5.56 Å². The molecule has 7 heteroatoms. The fourth-order valence-corrected chi connectivity index (χ4v) is 3.01. The number of carbonyl (C=O) groups is 1. The Bertz CT molecular complexity index is 807. The van der Waals surface area contributed by atoms with Crippen molar-refractivity contribution < 1.29 is 18.0 Å². The first kappa shape index (κ1) is 15.5. The molecule has 0 saturated heterocycles. The third-order valence-corrected chi connectivity index (χ3v) is 4.29. The lowest BCUT2D eigenvalue weighted by Crippen LogP contribution is -2.36. The van der Waals surface area contributed by atoms with Gasteiger partial charge in [-0.25, -0.2) is 4.98 Å². The summed E-state index contributed by atoms with van der Waals surface area (Å²) in [7, 11) is 0. The average Bonchev–Trinajstić information content (AvgIpc) is 2.96. The fourth-order valence-electron chi connectivity index (χ4n) is 2.04. The fraction of sp³-hybridized carbons (Fsp3) is 0.125. The molecule has 1 N–H and O–H groups in total. The van der Waals surface area contributed by atoms with Crippen LogP contribution in [0.5, 0.6) is 0 Å². The lowest BCUT2D eigenvalue weighted by Gasteiger charge is -2.08. The van der Waals surface area contributed by atoms with Crippen LogP contribution in [0.1, 0.15) is 5.56 Å². The molecule has 1 aromatic heterocycles. The van der Waals surface area contributed by atoms with E-state index in [0.717, 1.165) is 20.8 Å².